The van der Waals surface area contributed by atoms with Crippen molar-refractivity contribution < 1.29 is 5.21 Å². The third-order valence-corrected chi connectivity index (χ3v) is 0.719. The summed E-state index contributed by atoms with van der Waals surface area (Å²) in [5.74, 6) is 0. The van der Waals surface area contributed by atoms with E-state index in [9.17, 15) is 4.79 Å². The van der Waals surface area contributed by atoms with Crippen LogP contribution in [0, 0.1) is 6.20 Å². The molecule has 0 aliphatic carbocycles. The lowest BCUT2D eigenvalue weighted by molar-refractivity contribution is 0.182. The smallest absolute Gasteiger partial charge is 0.182 e. The first-order valence-electron chi connectivity index (χ1n) is 2.09. The van der Waals surface area contributed by atoms with Gasteiger partial charge in [-0.15, -0.1) is 0 Å². The molecule has 0 bridgehead atoms. The first-order chi connectivity index (χ1) is 3.79. The first kappa shape index (κ1) is 4.90. The summed E-state index contributed by atoms with van der Waals surface area (Å²) in [5, 5.41) is 8.48. The quantitative estimate of drug-likeness (QED) is 0.473. The van der Waals surface area contributed by atoms with Gasteiger partial charge in [0.1, 0.15) is 6.20 Å². The zero-order chi connectivity index (χ0) is 5.98. The number of hydrogen-bond donors (Lipinski definition) is 1. The van der Waals surface area contributed by atoms with Gasteiger partial charge < -0.3 is 5.21 Å². The molecule has 0 aromatic carbocycles. The Labute approximate surface area is 45.8 Å². The second-order valence-electron chi connectivity index (χ2n) is 1.34. The Morgan fingerprint density at radius 2 is 2.50 bits per heavy atom. The van der Waals surface area contributed by atoms with E-state index in [0.29, 0.717) is 4.73 Å². The van der Waals surface area contributed by atoms with Gasteiger partial charge in [-0.25, -0.2) is 0 Å². The highest BCUT2D eigenvalue weighted by molar-refractivity contribution is 4.90. The van der Waals surface area contributed by atoms with Crippen molar-refractivity contribution in [2.45, 2.75) is 0 Å². The molecule has 0 saturated heterocycles. The minimum atomic E-state index is -0.157. The van der Waals surface area contributed by atoms with Crippen molar-refractivity contribution in [2.75, 3.05) is 0 Å². The molecular formula is C5H4NO2. The normalized spacial score (nSPS) is 9.00. The molecule has 1 heterocycles. The van der Waals surface area contributed by atoms with Crippen LogP contribution in [0.15, 0.2) is 23.1 Å². The fraction of sp³-hybridized carbons (Fsp3) is 0. The highest BCUT2D eigenvalue weighted by Gasteiger charge is 1.79. The van der Waals surface area contributed by atoms with Crippen molar-refractivity contribution in [3.8, 4) is 0 Å². The lowest BCUT2D eigenvalue weighted by Crippen LogP contribution is -2.00. The molecule has 3 nitrogen and oxygen atoms in total. The largest absolute Gasteiger partial charge is 0.428 e. The molecule has 0 saturated carbocycles. The number of nitrogens with zero attached hydrogens (tertiary/aromatic N) is 1. The SMILES string of the molecule is O=c1c[c]n(O)cc1. The van der Waals surface area contributed by atoms with Crippen LogP contribution in [0.1, 0.15) is 0 Å². The highest BCUT2D eigenvalue weighted by atomic mass is 16.5. The maximum atomic E-state index is 10.3. The van der Waals surface area contributed by atoms with Crippen LogP contribution in [-0.2, 0) is 0 Å². The van der Waals surface area contributed by atoms with E-state index in [-0.39, 0.29) is 5.43 Å². The number of hydrogen-bond acceptors (Lipinski definition) is 2. The molecule has 1 N–H and O–H groups in total. The Morgan fingerprint density at radius 3 is 2.88 bits per heavy atom. The van der Waals surface area contributed by atoms with Crippen LogP contribution in [0.5, 0.6) is 0 Å². The van der Waals surface area contributed by atoms with Crippen LogP contribution in [0.4, 0.5) is 0 Å². The van der Waals surface area contributed by atoms with E-state index >= 15 is 0 Å². The summed E-state index contributed by atoms with van der Waals surface area (Å²) in [6.45, 7) is 0. The molecule has 3 heteroatoms. The molecule has 1 radical (unpaired) electrons. The van der Waals surface area contributed by atoms with Gasteiger partial charge >= 0.3 is 0 Å². The number of pyridine rings is 1. The van der Waals surface area contributed by atoms with E-state index in [2.05, 4.69) is 6.20 Å². The maximum Gasteiger partial charge on any atom is 0.182 e. The van der Waals surface area contributed by atoms with Crippen LogP contribution in [0.2, 0.25) is 0 Å². The average Bonchev–Trinajstić information content (AvgIpc) is 1.77. The lowest BCUT2D eigenvalue weighted by Gasteiger charge is -1.87. The van der Waals surface area contributed by atoms with Crippen LogP contribution in [-0.4, -0.2) is 9.94 Å². The van der Waals surface area contributed by atoms with Crippen LogP contribution >= 0.6 is 0 Å². The van der Waals surface area contributed by atoms with Gasteiger partial charge in [-0.2, -0.15) is 4.73 Å². The standard InChI is InChI=1S/C5H4NO2/c7-5-1-3-6(8)4-2-5/h1-3,8H. The van der Waals surface area contributed by atoms with E-state index in [1.807, 2.05) is 0 Å². The molecule has 1 aromatic heterocycles. The summed E-state index contributed by atoms with van der Waals surface area (Å²) in [5.41, 5.74) is -0.157. The van der Waals surface area contributed by atoms with Crippen molar-refractivity contribution in [1.82, 2.24) is 4.73 Å². The van der Waals surface area contributed by atoms with Crippen LogP contribution in [0.3, 0.4) is 0 Å². The Bertz CT molecular complexity index is 208. The molecule has 1 rings (SSSR count). The molecule has 1 aromatic rings. The van der Waals surface area contributed by atoms with E-state index in [0.717, 1.165) is 6.07 Å². The van der Waals surface area contributed by atoms with Crippen molar-refractivity contribution >= 4 is 0 Å². The zero-order valence-corrected chi connectivity index (χ0v) is 4.03. The molecule has 0 unspecified atom stereocenters. The summed E-state index contributed by atoms with van der Waals surface area (Å²) in [6, 6.07) is 2.40. The fourth-order valence-corrected chi connectivity index (χ4v) is 0.365. The van der Waals surface area contributed by atoms with Crippen molar-refractivity contribution in [2.24, 2.45) is 0 Å². The molecule has 0 atom stereocenters. The second kappa shape index (κ2) is 1.69. The number of rotatable bonds is 0. The third kappa shape index (κ3) is 0.872. The van der Waals surface area contributed by atoms with Crippen molar-refractivity contribution in [3.05, 3.63) is 34.7 Å². The summed E-state index contributed by atoms with van der Waals surface area (Å²) in [4.78, 5) is 10.3. The minimum Gasteiger partial charge on any atom is -0.428 e. The van der Waals surface area contributed by atoms with Gasteiger partial charge in [0.2, 0.25) is 0 Å². The Kier molecular flexibility index (Phi) is 1.04. The van der Waals surface area contributed by atoms with Gasteiger partial charge in [0.05, 0.1) is 0 Å². The Morgan fingerprint density at radius 1 is 1.75 bits per heavy atom. The Hall–Kier alpha value is -1.25. The second-order valence-corrected chi connectivity index (χ2v) is 1.34. The van der Waals surface area contributed by atoms with Gasteiger partial charge in [0.15, 0.2) is 5.43 Å². The van der Waals surface area contributed by atoms with Crippen LogP contribution < -0.4 is 5.43 Å². The Balaban J connectivity index is 3.22. The van der Waals surface area contributed by atoms with E-state index < -0.39 is 0 Å². The van der Waals surface area contributed by atoms with Gasteiger partial charge in [0.25, 0.3) is 0 Å². The first-order valence-corrected chi connectivity index (χ1v) is 2.09. The maximum absolute atomic E-state index is 10.3. The predicted molar refractivity (Wildman–Crippen MR) is 26.7 cm³/mol. The third-order valence-electron chi connectivity index (χ3n) is 0.719. The van der Waals surface area contributed by atoms with E-state index in [1.165, 1.54) is 12.3 Å². The van der Waals surface area contributed by atoms with E-state index in [4.69, 9.17) is 5.21 Å². The molecule has 0 aliphatic rings. The van der Waals surface area contributed by atoms with E-state index in [1.54, 1.807) is 0 Å². The van der Waals surface area contributed by atoms with Crippen molar-refractivity contribution in [3.63, 3.8) is 0 Å². The molecular weight excluding hydrogens is 106 g/mol. The minimum absolute atomic E-state index is 0.157. The summed E-state index contributed by atoms with van der Waals surface area (Å²) < 4.78 is 0.696. The van der Waals surface area contributed by atoms with Gasteiger partial charge in [0, 0.05) is 18.3 Å². The topological polar surface area (TPSA) is 42.2 Å². The summed E-state index contributed by atoms with van der Waals surface area (Å²) in [7, 11) is 0. The van der Waals surface area contributed by atoms with Crippen molar-refractivity contribution in [1.29, 1.82) is 0 Å². The fourth-order valence-electron chi connectivity index (χ4n) is 0.365. The molecule has 41 valence electrons. The van der Waals surface area contributed by atoms with Gasteiger partial charge in [-0.3, -0.25) is 4.79 Å². The lowest BCUT2D eigenvalue weighted by atomic mass is 10.5. The van der Waals surface area contributed by atoms with Crippen LogP contribution in [0.25, 0.3) is 0 Å². The molecule has 0 amide bonds. The molecule has 0 aliphatic heterocycles. The predicted octanol–water partition coefficient (Wildman–Crippen LogP) is -0.114. The molecule has 0 fully saturated rings. The van der Waals surface area contributed by atoms with Gasteiger partial charge in [-0.1, -0.05) is 0 Å². The molecule has 8 heavy (non-hydrogen) atoms. The molecule has 0 spiro atoms. The zero-order valence-electron chi connectivity index (χ0n) is 4.03. The number of aromatic nitrogens is 1. The summed E-state index contributed by atoms with van der Waals surface area (Å²) >= 11 is 0. The highest BCUT2D eigenvalue weighted by Crippen LogP contribution is 1.71. The monoisotopic (exact) mass is 110 g/mol. The van der Waals surface area contributed by atoms with Gasteiger partial charge in [-0.05, 0) is 0 Å². The average molecular weight is 110 g/mol. The summed E-state index contributed by atoms with van der Waals surface area (Å²) in [6.07, 6.45) is 3.48.